The minimum absolute atomic E-state index is 0.186. The third kappa shape index (κ3) is 3.53. The van der Waals surface area contributed by atoms with Crippen LogP contribution in [-0.4, -0.2) is 34.0 Å². The SMILES string of the molecule is NC(=O)c1c(-c2ccccc2)c(-c2ccccc2)c(C(N)=O)c2c(C(=O)O)ccc(C(=O)O)c12. The molecule has 0 saturated carbocycles. The minimum atomic E-state index is -1.42. The summed E-state index contributed by atoms with van der Waals surface area (Å²) < 4.78 is 0. The first-order valence-corrected chi connectivity index (χ1v) is 10.1. The second-order valence-electron chi connectivity index (χ2n) is 7.48. The Morgan fingerprint density at radius 3 is 1.12 bits per heavy atom. The van der Waals surface area contributed by atoms with Crippen molar-refractivity contribution in [2.24, 2.45) is 11.5 Å². The molecule has 4 aromatic carbocycles. The van der Waals surface area contributed by atoms with E-state index < -0.39 is 23.8 Å². The van der Waals surface area contributed by atoms with Gasteiger partial charge in [-0.3, -0.25) is 9.59 Å². The Hall–Kier alpha value is -4.98. The lowest BCUT2D eigenvalue weighted by atomic mass is 9.79. The van der Waals surface area contributed by atoms with Crippen molar-refractivity contribution >= 4 is 34.5 Å². The number of aromatic carboxylic acids is 2. The van der Waals surface area contributed by atoms with Crippen molar-refractivity contribution in [2.75, 3.05) is 0 Å². The molecular formula is C26H18N2O6. The van der Waals surface area contributed by atoms with Gasteiger partial charge >= 0.3 is 11.9 Å². The van der Waals surface area contributed by atoms with Crippen LogP contribution in [-0.2, 0) is 0 Å². The standard InChI is InChI=1S/C26H18N2O6/c27-23(29)21-17(13-7-3-1-4-8-13)18(14-9-5-2-6-10-14)22(24(28)30)20-16(26(33)34)12-11-15(19(20)21)25(31)32/h1-12H,(H2,27,29)(H2,28,30)(H,31,32)(H,33,34). The van der Waals surface area contributed by atoms with Crippen molar-refractivity contribution < 1.29 is 29.4 Å². The minimum Gasteiger partial charge on any atom is -0.478 e. The molecule has 0 aliphatic carbocycles. The quantitative estimate of drug-likeness (QED) is 0.347. The Morgan fingerprint density at radius 1 is 0.529 bits per heavy atom. The highest BCUT2D eigenvalue weighted by atomic mass is 16.4. The molecule has 0 aliphatic rings. The van der Waals surface area contributed by atoms with E-state index in [2.05, 4.69) is 0 Å². The normalized spacial score (nSPS) is 10.7. The summed E-state index contributed by atoms with van der Waals surface area (Å²) in [6.45, 7) is 0. The fourth-order valence-electron chi connectivity index (χ4n) is 4.26. The van der Waals surface area contributed by atoms with Gasteiger partial charge < -0.3 is 21.7 Å². The van der Waals surface area contributed by atoms with E-state index >= 15 is 0 Å². The topological polar surface area (TPSA) is 161 Å². The van der Waals surface area contributed by atoms with Gasteiger partial charge in [0.2, 0.25) is 11.8 Å². The summed E-state index contributed by atoms with van der Waals surface area (Å²) in [6.07, 6.45) is 0. The molecule has 4 aromatic rings. The van der Waals surface area contributed by atoms with E-state index in [1.807, 2.05) is 0 Å². The highest BCUT2D eigenvalue weighted by molar-refractivity contribution is 6.29. The zero-order chi connectivity index (χ0) is 24.6. The number of hydrogen-bond acceptors (Lipinski definition) is 4. The highest BCUT2D eigenvalue weighted by Crippen LogP contribution is 2.44. The number of carbonyl (C=O) groups excluding carboxylic acids is 2. The second kappa shape index (κ2) is 8.51. The molecule has 6 N–H and O–H groups in total. The van der Waals surface area contributed by atoms with Crippen molar-refractivity contribution in [3.8, 4) is 22.3 Å². The van der Waals surface area contributed by atoms with Crippen LogP contribution in [0.3, 0.4) is 0 Å². The van der Waals surface area contributed by atoms with E-state index in [1.165, 1.54) is 0 Å². The molecule has 0 aromatic heterocycles. The predicted octanol–water partition coefficient (Wildman–Crippen LogP) is 3.77. The number of fused-ring (bicyclic) bond motifs is 1. The molecule has 8 nitrogen and oxygen atoms in total. The zero-order valence-electron chi connectivity index (χ0n) is 17.6. The van der Waals surface area contributed by atoms with Crippen molar-refractivity contribution in [3.63, 3.8) is 0 Å². The molecule has 2 amide bonds. The smallest absolute Gasteiger partial charge is 0.336 e. The van der Waals surface area contributed by atoms with Gasteiger partial charge in [-0.05, 0) is 23.3 Å². The molecular weight excluding hydrogens is 436 g/mol. The van der Waals surface area contributed by atoms with E-state index in [1.54, 1.807) is 60.7 Å². The Kier molecular flexibility index (Phi) is 5.56. The number of rotatable bonds is 6. The van der Waals surface area contributed by atoms with Crippen LogP contribution < -0.4 is 11.5 Å². The lowest BCUT2D eigenvalue weighted by molar-refractivity contribution is 0.0684. The molecule has 0 radical (unpaired) electrons. The summed E-state index contributed by atoms with van der Waals surface area (Å²) in [5.41, 5.74) is 11.7. The maximum Gasteiger partial charge on any atom is 0.336 e. The third-order valence-electron chi connectivity index (χ3n) is 5.53. The molecule has 34 heavy (non-hydrogen) atoms. The molecule has 0 unspecified atom stereocenters. The van der Waals surface area contributed by atoms with E-state index in [0.29, 0.717) is 11.1 Å². The Labute approximate surface area is 193 Å². The van der Waals surface area contributed by atoms with Gasteiger partial charge in [0.05, 0.1) is 22.3 Å². The molecule has 0 aliphatic heterocycles. The summed E-state index contributed by atoms with van der Waals surface area (Å²) in [6, 6.07) is 19.1. The lowest BCUT2D eigenvalue weighted by Gasteiger charge is -2.22. The van der Waals surface area contributed by atoms with Crippen LogP contribution in [0.25, 0.3) is 33.0 Å². The van der Waals surface area contributed by atoms with Crippen molar-refractivity contribution in [2.45, 2.75) is 0 Å². The maximum atomic E-state index is 12.9. The van der Waals surface area contributed by atoms with Crippen molar-refractivity contribution in [3.05, 3.63) is 95.1 Å². The van der Waals surface area contributed by atoms with Crippen molar-refractivity contribution in [1.82, 2.24) is 0 Å². The number of primary amides is 2. The van der Waals surface area contributed by atoms with Crippen LogP contribution in [0.4, 0.5) is 0 Å². The summed E-state index contributed by atoms with van der Waals surface area (Å²) in [5.74, 6) is -4.82. The van der Waals surface area contributed by atoms with Gasteiger partial charge in [0.25, 0.3) is 0 Å². The number of benzene rings is 4. The zero-order valence-corrected chi connectivity index (χ0v) is 17.6. The molecule has 0 spiro atoms. The predicted molar refractivity (Wildman–Crippen MR) is 126 cm³/mol. The van der Waals surface area contributed by atoms with Gasteiger partial charge in [0, 0.05) is 21.9 Å². The largest absolute Gasteiger partial charge is 0.478 e. The Balaban J connectivity index is 2.47. The van der Waals surface area contributed by atoms with E-state index in [9.17, 15) is 29.4 Å². The monoisotopic (exact) mass is 454 g/mol. The summed E-state index contributed by atoms with van der Waals surface area (Å²) in [4.78, 5) is 50.1. The van der Waals surface area contributed by atoms with Crippen LogP contribution in [0.2, 0.25) is 0 Å². The number of nitrogens with two attached hydrogens (primary N) is 2. The average molecular weight is 454 g/mol. The number of hydrogen-bond donors (Lipinski definition) is 4. The third-order valence-corrected chi connectivity index (χ3v) is 5.53. The summed E-state index contributed by atoms with van der Waals surface area (Å²) in [5, 5.41) is 19.2. The Morgan fingerprint density at radius 2 is 0.853 bits per heavy atom. The van der Waals surface area contributed by atoms with Crippen LogP contribution in [0, 0.1) is 0 Å². The van der Waals surface area contributed by atoms with Gasteiger partial charge in [-0.2, -0.15) is 0 Å². The summed E-state index contributed by atoms with van der Waals surface area (Å²) in [7, 11) is 0. The van der Waals surface area contributed by atoms with Crippen molar-refractivity contribution in [1.29, 1.82) is 0 Å². The molecule has 8 heteroatoms. The van der Waals surface area contributed by atoms with Gasteiger partial charge in [0.1, 0.15) is 0 Å². The second-order valence-corrected chi connectivity index (χ2v) is 7.48. The van der Waals surface area contributed by atoms with Crippen LogP contribution in [0.5, 0.6) is 0 Å². The molecule has 0 saturated heterocycles. The summed E-state index contributed by atoms with van der Waals surface area (Å²) >= 11 is 0. The molecule has 0 atom stereocenters. The number of amides is 2. The van der Waals surface area contributed by atoms with Crippen LogP contribution >= 0.6 is 0 Å². The number of carboxylic acids is 2. The first-order valence-electron chi connectivity index (χ1n) is 10.1. The fourth-order valence-corrected chi connectivity index (χ4v) is 4.26. The maximum absolute atomic E-state index is 12.9. The lowest BCUT2D eigenvalue weighted by Crippen LogP contribution is -2.21. The van der Waals surface area contributed by atoms with E-state index in [-0.39, 0.29) is 44.2 Å². The van der Waals surface area contributed by atoms with Gasteiger partial charge in [-0.25, -0.2) is 9.59 Å². The first kappa shape index (κ1) is 22.2. The van der Waals surface area contributed by atoms with Gasteiger partial charge in [0.15, 0.2) is 0 Å². The molecule has 0 bridgehead atoms. The molecule has 168 valence electrons. The number of carbonyl (C=O) groups is 4. The highest BCUT2D eigenvalue weighted by Gasteiger charge is 2.31. The Bertz CT molecular complexity index is 1380. The molecule has 0 heterocycles. The first-order chi connectivity index (χ1) is 16.2. The van der Waals surface area contributed by atoms with Crippen LogP contribution in [0.1, 0.15) is 41.4 Å². The van der Waals surface area contributed by atoms with Gasteiger partial charge in [-0.1, -0.05) is 60.7 Å². The molecule has 0 fully saturated rings. The average Bonchev–Trinajstić information content (AvgIpc) is 2.82. The number of carboxylic acid groups (broad SMARTS) is 2. The van der Waals surface area contributed by atoms with E-state index in [4.69, 9.17) is 11.5 Å². The van der Waals surface area contributed by atoms with E-state index in [0.717, 1.165) is 12.1 Å². The van der Waals surface area contributed by atoms with Gasteiger partial charge in [-0.15, -0.1) is 0 Å². The fraction of sp³-hybridized carbons (Fsp3) is 0. The molecule has 4 rings (SSSR count). The van der Waals surface area contributed by atoms with Crippen LogP contribution in [0.15, 0.2) is 72.8 Å².